The van der Waals surface area contributed by atoms with Crippen molar-refractivity contribution in [1.82, 2.24) is 0 Å². The molecule has 0 spiro atoms. The van der Waals surface area contributed by atoms with E-state index >= 15 is 0 Å². The first-order valence-electron chi connectivity index (χ1n) is 10.7. The Morgan fingerprint density at radius 1 is 0.576 bits per heavy atom. The Balaban J connectivity index is 1.43. The third kappa shape index (κ3) is 7.14. The van der Waals surface area contributed by atoms with Crippen LogP contribution in [0.2, 0.25) is 0 Å². The third-order valence-corrected chi connectivity index (χ3v) is 4.83. The molecule has 5 nitrogen and oxygen atoms in total. The van der Waals surface area contributed by atoms with E-state index in [-0.39, 0.29) is 6.61 Å². The van der Waals surface area contributed by atoms with E-state index in [2.05, 4.69) is 5.32 Å². The Morgan fingerprint density at radius 3 is 1.58 bits per heavy atom. The predicted molar refractivity (Wildman–Crippen MR) is 128 cm³/mol. The van der Waals surface area contributed by atoms with Crippen LogP contribution in [0.25, 0.3) is 0 Å². The van der Waals surface area contributed by atoms with E-state index in [1.807, 2.05) is 97.1 Å². The molecule has 0 aliphatic carbocycles. The zero-order valence-electron chi connectivity index (χ0n) is 18.1. The van der Waals surface area contributed by atoms with E-state index in [9.17, 15) is 4.79 Å². The molecule has 0 saturated carbocycles. The summed E-state index contributed by atoms with van der Waals surface area (Å²) in [6.07, 6.45) is -0.524. The van der Waals surface area contributed by atoms with Gasteiger partial charge in [-0.2, -0.15) is 0 Å². The van der Waals surface area contributed by atoms with E-state index < -0.39 is 6.09 Å². The van der Waals surface area contributed by atoms with Gasteiger partial charge < -0.3 is 14.2 Å². The van der Waals surface area contributed by atoms with Gasteiger partial charge in [-0.25, -0.2) is 4.79 Å². The zero-order valence-corrected chi connectivity index (χ0v) is 18.1. The average molecular weight is 440 g/mol. The van der Waals surface area contributed by atoms with Crippen molar-refractivity contribution in [3.63, 3.8) is 0 Å². The highest BCUT2D eigenvalue weighted by Crippen LogP contribution is 2.25. The molecule has 0 aromatic heterocycles. The van der Waals surface area contributed by atoms with Crippen LogP contribution in [0.4, 0.5) is 10.5 Å². The monoisotopic (exact) mass is 439 g/mol. The van der Waals surface area contributed by atoms with Crippen molar-refractivity contribution in [2.24, 2.45) is 0 Å². The maximum atomic E-state index is 12.2. The number of amides is 1. The van der Waals surface area contributed by atoms with Gasteiger partial charge in [0.15, 0.2) is 0 Å². The van der Waals surface area contributed by atoms with Gasteiger partial charge in [0.05, 0.1) is 0 Å². The predicted octanol–water partition coefficient (Wildman–Crippen LogP) is 6.59. The smallest absolute Gasteiger partial charge is 0.411 e. The van der Waals surface area contributed by atoms with Crippen LogP contribution in [-0.4, -0.2) is 6.09 Å². The number of anilines is 1. The van der Waals surface area contributed by atoms with Crippen LogP contribution < -0.4 is 14.8 Å². The van der Waals surface area contributed by atoms with Crippen LogP contribution in [0.15, 0.2) is 109 Å². The van der Waals surface area contributed by atoms with Crippen molar-refractivity contribution in [2.75, 3.05) is 5.32 Å². The molecule has 0 aliphatic rings. The van der Waals surface area contributed by atoms with Crippen molar-refractivity contribution < 1.29 is 19.0 Å². The number of carbonyl (C=O) groups excluding carboxylic acids is 1. The lowest BCUT2D eigenvalue weighted by molar-refractivity contribution is 0.154. The molecule has 0 heterocycles. The summed E-state index contributed by atoms with van der Waals surface area (Å²) in [7, 11) is 0. The molecule has 0 fully saturated rings. The van der Waals surface area contributed by atoms with E-state index in [4.69, 9.17) is 14.2 Å². The fourth-order valence-corrected chi connectivity index (χ4v) is 3.19. The molecule has 0 saturated heterocycles. The van der Waals surface area contributed by atoms with Crippen LogP contribution in [0.3, 0.4) is 0 Å². The molecule has 4 rings (SSSR count). The van der Waals surface area contributed by atoms with Gasteiger partial charge in [0.2, 0.25) is 0 Å². The molecule has 0 atom stereocenters. The van der Waals surface area contributed by atoms with Crippen molar-refractivity contribution in [3.8, 4) is 11.5 Å². The van der Waals surface area contributed by atoms with Crippen molar-refractivity contribution in [1.29, 1.82) is 0 Å². The SMILES string of the molecule is O=C(Nc1ccccc1)OCc1cc(OCc2ccccc2)cc(OCc2ccccc2)c1. The van der Waals surface area contributed by atoms with Gasteiger partial charge in [0, 0.05) is 11.8 Å². The second-order valence-electron chi connectivity index (χ2n) is 7.43. The number of carbonyl (C=O) groups is 1. The lowest BCUT2D eigenvalue weighted by Crippen LogP contribution is -2.13. The summed E-state index contributed by atoms with van der Waals surface area (Å²) in [4.78, 5) is 12.2. The maximum Gasteiger partial charge on any atom is 0.411 e. The summed E-state index contributed by atoms with van der Waals surface area (Å²) in [5.41, 5.74) is 3.57. The van der Waals surface area contributed by atoms with Crippen molar-refractivity contribution >= 4 is 11.8 Å². The summed E-state index contributed by atoms with van der Waals surface area (Å²) < 4.78 is 17.4. The lowest BCUT2D eigenvalue weighted by Gasteiger charge is -2.13. The zero-order chi connectivity index (χ0) is 22.7. The van der Waals surface area contributed by atoms with Gasteiger partial charge in [-0.05, 0) is 41.0 Å². The highest BCUT2D eigenvalue weighted by atomic mass is 16.5. The van der Waals surface area contributed by atoms with Crippen molar-refractivity contribution in [2.45, 2.75) is 19.8 Å². The molecule has 4 aromatic carbocycles. The summed E-state index contributed by atoms with van der Waals surface area (Å²) in [6.45, 7) is 0.943. The van der Waals surface area contributed by atoms with Crippen LogP contribution in [0.1, 0.15) is 16.7 Å². The molecule has 0 radical (unpaired) electrons. The maximum absolute atomic E-state index is 12.2. The van der Waals surface area contributed by atoms with Gasteiger partial charge in [0.25, 0.3) is 0 Å². The minimum absolute atomic E-state index is 0.0862. The molecule has 33 heavy (non-hydrogen) atoms. The molecular formula is C28H25NO4. The van der Waals surface area contributed by atoms with E-state index in [0.717, 1.165) is 16.7 Å². The molecule has 166 valence electrons. The van der Waals surface area contributed by atoms with E-state index in [1.165, 1.54) is 0 Å². The molecule has 5 heteroatoms. The largest absolute Gasteiger partial charge is 0.489 e. The number of hydrogen-bond acceptors (Lipinski definition) is 4. The molecule has 4 aromatic rings. The normalized spacial score (nSPS) is 10.3. The third-order valence-electron chi connectivity index (χ3n) is 4.83. The summed E-state index contributed by atoms with van der Waals surface area (Å²) in [5, 5.41) is 2.71. The fraction of sp³-hybridized carbons (Fsp3) is 0.107. The highest BCUT2D eigenvalue weighted by Gasteiger charge is 2.08. The lowest BCUT2D eigenvalue weighted by atomic mass is 10.2. The molecule has 0 unspecified atom stereocenters. The van der Waals surface area contributed by atoms with E-state index in [0.29, 0.717) is 30.4 Å². The first-order valence-corrected chi connectivity index (χ1v) is 10.7. The number of hydrogen-bond donors (Lipinski definition) is 1. The number of benzene rings is 4. The minimum atomic E-state index is -0.524. The first kappa shape index (κ1) is 22.0. The number of para-hydroxylation sites is 1. The molecule has 0 bridgehead atoms. The number of rotatable bonds is 9. The Labute approximate surface area is 193 Å². The molecule has 0 aliphatic heterocycles. The topological polar surface area (TPSA) is 56.8 Å². The Kier molecular flexibility index (Phi) is 7.58. The Hall–Kier alpha value is -4.25. The van der Waals surface area contributed by atoms with Gasteiger partial charge in [-0.3, -0.25) is 5.32 Å². The van der Waals surface area contributed by atoms with Gasteiger partial charge in [0.1, 0.15) is 31.3 Å². The number of nitrogens with one attached hydrogen (secondary N) is 1. The number of ether oxygens (including phenoxy) is 3. The molecular weight excluding hydrogens is 414 g/mol. The van der Waals surface area contributed by atoms with Crippen LogP contribution in [0, 0.1) is 0 Å². The minimum Gasteiger partial charge on any atom is -0.489 e. The second-order valence-corrected chi connectivity index (χ2v) is 7.43. The summed E-state index contributed by atoms with van der Waals surface area (Å²) in [5.74, 6) is 1.29. The standard InChI is InChI=1S/C28H25NO4/c30-28(29-25-14-8-3-9-15-25)33-21-24-16-26(31-19-22-10-4-1-5-11-22)18-27(17-24)32-20-23-12-6-2-7-13-23/h1-18H,19-21H2,(H,29,30). The Morgan fingerprint density at radius 2 is 1.06 bits per heavy atom. The fourth-order valence-electron chi connectivity index (χ4n) is 3.19. The van der Waals surface area contributed by atoms with Crippen LogP contribution in [0.5, 0.6) is 11.5 Å². The van der Waals surface area contributed by atoms with Gasteiger partial charge in [-0.1, -0.05) is 78.9 Å². The highest BCUT2D eigenvalue weighted by molar-refractivity contribution is 5.84. The van der Waals surface area contributed by atoms with Gasteiger partial charge >= 0.3 is 6.09 Å². The summed E-state index contributed by atoms with van der Waals surface area (Å²) in [6, 6.07) is 34.6. The van der Waals surface area contributed by atoms with E-state index in [1.54, 1.807) is 12.1 Å². The van der Waals surface area contributed by atoms with Crippen molar-refractivity contribution in [3.05, 3.63) is 126 Å². The van der Waals surface area contributed by atoms with Crippen LogP contribution in [-0.2, 0) is 24.6 Å². The average Bonchev–Trinajstić information content (AvgIpc) is 2.87. The molecule has 1 amide bonds. The van der Waals surface area contributed by atoms with Gasteiger partial charge in [-0.15, -0.1) is 0 Å². The molecule has 1 N–H and O–H groups in total. The van der Waals surface area contributed by atoms with Crippen LogP contribution >= 0.6 is 0 Å². The summed E-state index contributed by atoms with van der Waals surface area (Å²) >= 11 is 0. The second kappa shape index (κ2) is 11.4. The Bertz CT molecular complexity index is 1090. The first-order chi connectivity index (χ1) is 16.2. The quantitative estimate of drug-likeness (QED) is 0.319.